The van der Waals surface area contributed by atoms with E-state index in [0.717, 1.165) is 37.5 Å². The quantitative estimate of drug-likeness (QED) is 0.617. The molecule has 0 aliphatic carbocycles. The minimum absolute atomic E-state index is 0.0184. The van der Waals surface area contributed by atoms with Crippen molar-refractivity contribution in [1.29, 1.82) is 0 Å². The average molecular weight is 280 g/mol. The van der Waals surface area contributed by atoms with Gasteiger partial charge in [-0.3, -0.25) is 14.9 Å². The SMILES string of the molecule is CC1CCCC(C)N1C(=O)c1cc([N+](=O)[O-])ccc1F. The van der Waals surface area contributed by atoms with Crippen LogP contribution in [0.5, 0.6) is 0 Å². The number of hydrogen-bond donors (Lipinski definition) is 0. The molecule has 1 aromatic rings. The molecule has 1 aliphatic heterocycles. The van der Waals surface area contributed by atoms with Gasteiger partial charge in [0, 0.05) is 24.2 Å². The number of hydrogen-bond acceptors (Lipinski definition) is 3. The molecule has 1 aromatic carbocycles. The summed E-state index contributed by atoms with van der Waals surface area (Å²) >= 11 is 0. The fourth-order valence-electron chi connectivity index (χ4n) is 2.75. The van der Waals surface area contributed by atoms with E-state index in [1.807, 2.05) is 13.8 Å². The first-order valence-electron chi connectivity index (χ1n) is 6.68. The first-order chi connectivity index (χ1) is 9.41. The Morgan fingerprint density at radius 3 is 2.50 bits per heavy atom. The van der Waals surface area contributed by atoms with Gasteiger partial charge in [0.05, 0.1) is 10.5 Å². The number of halogens is 1. The zero-order valence-electron chi connectivity index (χ0n) is 11.5. The van der Waals surface area contributed by atoms with Gasteiger partial charge in [0.2, 0.25) is 0 Å². The van der Waals surface area contributed by atoms with E-state index in [0.29, 0.717) is 0 Å². The van der Waals surface area contributed by atoms with Crippen molar-refractivity contribution in [3.8, 4) is 0 Å². The molecule has 20 heavy (non-hydrogen) atoms. The van der Waals surface area contributed by atoms with E-state index in [1.54, 1.807) is 4.90 Å². The standard InChI is InChI=1S/C14H17FN2O3/c1-9-4-3-5-10(2)16(9)14(18)12-8-11(17(19)20)6-7-13(12)15/h6-10H,3-5H2,1-2H3. The van der Waals surface area contributed by atoms with Crippen LogP contribution in [-0.4, -0.2) is 27.8 Å². The summed E-state index contributed by atoms with van der Waals surface area (Å²) in [4.78, 5) is 24.2. The average Bonchev–Trinajstić information content (AvgIpc) is 2.38. The molecular formula is C14H17FN2O3. The normalized spacial score (nSPS) is 22.6. The third-order valence-electron chi connectivity index (χ3n) is 3.82. The highest BCUT2D eigenvalue weighted by Crippen LogP contribution is 2.26. The van der Waals surface area contributed by atoms with Gasteiger partial charge in [0.1, 0.15) is 5.82 Å². The number of carbonyl (C=O) groups is 1. The highest BCUT2D eigenvalue weighted by Gasteiger charge is 2.31. The van der Waals surface area contributed by atoms with E-state index in [4.69, 9.17) is 0 Å². The van der Waals surface area contributed by atoms with Crippen molar-refractivity contribution >= 4 is 11.6 Å². The van der Waals surface area contributed by atoms with Crippen LogP contribution in [0.25, 0.3) is 0 Å². The van der Waals surface area contributed by atoms with Crippen LogP contribution in [0, 0.1) is 15.9 Å². The smallest absolute Gasteiger partial charge is 0.270 e. The predicted molar refractivity (Wildman–Crippen MR) is 72.0 cm³/mol. The molecule has 1 saturated heterocycles. The Labute approximate surface area is 116 Å². The predicted octanol–water partition coefficient (Wildman–Crippen LogP) is 3.14. The molecule has 0 N–H and O–H groups in total. The Morgan fingerprint density at radius 1 is 1.35 bits per heavy atom. The molecule has 1 heterocycles. The lowest BCUT2D eigenvalue weighted by atomic mass is 9.96. The Balaban J connectivity index is 2.37. The van der Waals surface area contributed by atoms with Crippen molar-refractivity contribution in [2.24, 2.45) is 0 Å². The fourth-order valence-corrected chi connectivity index (χ4v) is 2.75. The van der Waals surface area contributed by atoms with Gasteiger partial charge in [0.25, 0.3) is 11.6 Å². The number of likely N-dealkylation sites (tertiary alicyclic amines) is 1. The topological polar surface area (TPSA) is 63.5 Å². The lowest BCUT2D eigenvalue weighted by Gasteiger charge is -2.39. The number of rotatable bonds is 2. The van der Waals surface area contributed by atoms with E-state index in [1.165, 1.54) is 0 Å². The van der Waals surface area contributed by atoms with E-state index in [2.05, 4.69) is 0 Å². The summed E-state index contributed by atoms with van der Waals surface area (Å²) in [5.74, 6) is -1.18. The first-order valence-corrected chi connectivity index (χ1v) is 6.68. The van der Waals surface area contributed by atoms with Gasteiger partial charge in [-0.1, -0.05) is 0 Å². The first kappa shape index (κ1) is 14.4. The van der Waals surface area contributed by atoms with Crippen LogP contribution in [0.15, 0.2) is 18.2 Å². The lowest BCUT2D eigenvalue weighted by molar-refractivity contribution is -0.384. The summed E-state index contributed by atoms with van der Waals surface area (Å²) in [6, 6.07) is 3.10. The largest absolute Gasteiger partial charge is 0.333 e. The van der Waals surface area contributed by atoms with Gasteiger partial charge in [0.15, 0.2) is 0 Å². The zero-order chi connectivity index (χ0) is 14.9. The van der Waals surface area contributed by atoms with Crippen LogP contribution in [0.1, 0.15) is 43.5 Å². The molecule has 0 bridgehead atoms. The molecule has 1 fully saturated rings. The molecule has 6 heteroatoms. The molecule has 2 atom stereocenters. The zero-order valence-corrected chi connectivity index (χ0v) is 11.5. The number of carbonyl (C=O) groups excluding carboxylic acids is 1. The van der Waals surface area contributed by atoms with E-state index >= 15 is 0 Å². The van der Waals surface area contributed by atoms with Gasteiger partial charge in [-0.05, 0) is 39.2 Å². The summed E-state index contributed by atoms with van der Waals surface area (Å²) in [5, 5.41) is 10.8. The highest BCUT2D eigenvalue weighted by molar-refractivity contribution is 5.95. The Bertz CT molecular complexity index is 537. The van der Waals surface area contributed by atoms with Crippen molar-refractivity contribution in [1.82, 2.24) is 4.90 Å². The summed E-state index contributed by atoms with van der Waals surface area (Å²) < 4.78 is 13.8. The summed E-state index contributed by atoms with van der Waals surface area (Å²) in [5.41, 5.74) is -0.494. The van der Waals surface area contributed by atoms with Crippen LogP contribution in [0.3, 0.4) is 0 Å². The van der Waals surface area contributed by atoms with Crippen LogP contribution in [-0.2, 0) is 0 Å². The summed E-state index contributed by atoms with van der Waals surface area (Å²) in [6.45, 7) is 3.84. The van der Waals surface area contributed by atoms with E-state index in [-0.39, 0.29) is 23.3 Å². The van der Waals surface area contributed by atoms with Gasteiger partial charge in [-0.15, -0.1) is 0 Å². The van der Waals surface area contributed by atoms with Crippen LogP contribution < -0.4 is 0 Å². The number of benzene rings is 1. The molecule has 0 aromatic heterocycles. The van der Waals surface area contributed by atoms with E-state index < -0.39 is 16.6 Å². The van der Waals surface area contributed by atoms with Crippen LogP contribution in [0.2, 0.25) is 0 Å². The van der Waals surface area contributed by atoms with Gasteiger partial charge < -0.3 is 4.90 Å². The number of non-ortho nitro benzene ring substituents is 1. The maximum absolute atomic E-state index is 13.8. The molecular weight excluding hydrogens is 263 g/mol. The molecule has 1 amide bonds. The fraction of sp³-hybridized carbons (Fsp3) is 0.500. The lowest BCUT2D eigenvalue weighted by Crippen LogP contribution is -2.47. The molecule has 108 valence electrons. The van der Waals surface area contributed by atoms with Crippen molar-refractivity contribution < 1.29 is 14.1 Å². The maximum atomic E-state index is 13.8. The van der Waals surface area contributed by atoms with Crippen molar-refractivity contribution in [3.05, 3.63) is 39.7 Å². The third kappa shape index (κ3) is 2.64. The van der Waals surface area contributed by atoms with Crippen LogP contribution in [0.4, 0.5) is 10.1 Å². The molecule has 0 radical (unpaired) electrons. The highest BCUT2D eigenvalue weighted by atomic mass is 19.1. The van der Waals surface area contributed by atoms with Gasteiger partial charge in [-0.2, -0.15) is 0 Å². The second-order valence-electron chi connectivity index (χ2n) is 5.26. The minimum atomic E-state index is -0.717. The summed E-state index contributed by atoms with van der Waals surface area (Å²) in [6.07, 6.45) is 2.77. The molecule has 2 rings (SSSR count). The van der Waals surface area contributed by atoms with Gasteiger partial charge in [-0.25, -0.2) is 4.39 Å². The number of nitro groups is 1. The third-order valence-corrected chi connectivity index (χ3v) is 3.82. The molecule has 0 saturated carbocycles. The van der Waals surface area contributed by atoms with Crippen molar-refractivity contribution in [2.45, 2.75) is 45.2 Å². The number of nitrogens with zero attached hydrogens (tertiary/aromatic N) is 2. The molecule has 0 spiro atoms. The Kier molecular flexibility index (Phi) is 4.01. The van der Waals surface area contributed by atoms with Crippen molar-refractivity contribution in [3.63, 3.8) is 0 Å². The Hall–Kier alpha value is -1.98. The van der Waals surface area contributed by atoms with Crippen LogP contribution >= 0.6 is 0 Å². The molecule has 2 unspecified atom stereocenters. The minimum Gasteiger partial charge on any atom is -0.333 e. The van der Waals surface area contributed by atoms with Crippen molar-refractivity contribution in [2.75, 3.05) is 0 Å². The number of nitro benzene ring substituents is 1. The molecule has 5 nitrogen and oxygen atoms in total. The van der Waals surface area contributed by atoms with Gasteiger partial charge >= 0.3 is 0 Å². The van der Waals surface area contributed by atoms with E-state index in [9.17, 15) is 19.3 Å². The second-order valence-corrected chi connectivity index (χ2v) is 5.26. The molecule has 1 aliphatic rings. The summed E-state index contributed by atoms with van der Waals surface area (Å²) in [7, 11) is 0. The Morgan fingerprint density at radius 2 is 1.95 bits per heavy atom. The number of piperidine rings is 1. The second kappa shape index (κ2) is 5.56. The number of amides is 1. The monoisotopic (exact) mass is 280 g/mol. The maximum Gasteiger partial charge on any atom is 0.270 e.